The molecule has 1 saturated carbocycles. The zero-order valence-electron chi connectivity index (χ0n) is 11.2. The lowest BCUT2D eigenvalue weighted by molar-refractivity contribution is -0.123. The number of rotatable bonds is 4. The Labute approximate surface area is 109 Å². The summed E-state index contributed by atoms with van der Waals surface area (Å²) in [6.45, 7) is 4.08. The van der Waals surface area contributed by atoms with Gasteiger partial charge < -0.3 is 11.1 Å². The number of carbonyl (C=O) groups excluding carboxylic acids is 1. The fourth-order valence-corrected chi connectivity index (χ4v) is 2.57. The Balaban J connectivity index is 1.93. The largest absolute Gasteiger partial charge is 0.350 e. The molecule has 2 rings (SSSR count). The van der Waals surface area contributed by atoms with Crippen molar-refractivity contribution >= 4 is 5.91 Å². The third-order valence-corrected chi connectivity index (χ3v) is 3.89. The van der Waals surface area contributed by atoms with Crippen molar-refractivity contribution in [3.63, 3.8) is 0 Å². The number of amides is 1. The van der Waals surface area contributed by atoms with Crippen LogP contribution in [0.1, 0.15) is 49.8 Å². The van der Waals surface area contributed by atoms with Gasteiger partial charge in [-0.2, -0.15) is 0 Å². The molecule has 0 radical (unpaired) electrons. The molecule has 1 aliphatic carbocycles. The van der Waals surface area contributed by atoms with Crippen LogP contribution in [-0.2, 0) is 4.79 Å². The number of hydrogen-bond donors (Lipinski definition) is 2. The van der Waals surface area contributed by atoms with Crippen LogP contribution in [0.2, 0.25) is 0 Å². The summed E-state index contributed by atoms with van der Waals surface area (Å²) in [6.07, 6.45) is 3.54. The van der Waals surface area contributed by atoms with E-state index in [1.807, 2.05) is 19.1 Å². The predicted octanol–water partition coefficient (Wildman–Crippen LogP) is 2.44. The highest BCUT2D eigenvalue weighted by Crippen LogP contribution is 2.32. The maximum atomic E-state index is 12.0. The Kier molecular flexibility index (Phi) is 3.71. The molecule has 98 valence electrons. The minimum absolute atomic E-state index is 0.0439. The van der Waals surface area contributed by atoms with Crippen LogP contribution in [-0.4, -0.2) is 11.4 Å². The van der Waals surface area contributed by atoms with E-state index < -0.39 is 0 Å². The first-order valence-electron chi connectivity index (χ1n) is 6.64. The van der Waals surface area contributed by atoms with Crippen molar-refractivity contribution in [3.8, 4) is 0 Å². The lowest BCUT2D eigenvalue weighted by atomic mass is 9.75. The topological polar surface area (TPSA) is 55.1 Å². The molecule has 1 atom stereocenters. The van der Waals surface area contributed by atoms with Gasteiger partial charge in [0.2, 0.25) is 5.91 Å². The number of carbonyl (C=O) groups is 1. The number of nitrogens with two attached hydrogens (primary N) is 1. The third kappa shape index (κ3) is 2.91. The molecular formula is C15H22N2O. The normalized spacial score (nSPS) is 18.8. The number of nitrogens with one attached hydrogen (secondary N) is 1. The second kappa shape index (κ2) is 5.11. The van der Waals surface area contributed by atoms with E-state index in [-0.39, 0.29) is 17.5 Å². The summed E-state index contributed by atoms with van der Waals surface area (Å²) in [5, 5.41) is 3.04. The van der Waals surface area contributed by atoms with Gasteiger partial charge in [-0.1, -0.05) is 24.3 Å². The standard InChI is InChI=1S/C15H22N2O/c1-11-6-3-4-7-13(11)12(2)17-14(18)10-15(16)8-5-9-15/h3-4,6-7,12H,5,8-10,16H2,1-2H3,(H,17,18). The highest BCUT2D eigenvalue weighted by atomic mass is 16.1. The minimum Gasteiger partial charge on any atom is -0.350 e. The van der Waals surface area contributed by atoms with Crippen LogP contribution in [0.15, 0.2) is 24.3 Å². The number of benzene rings is 1. The van der Waals surface area contributed by atoms with E-state index in [1.54, 1.807) is 0 Å². The lowest BCUT2D eigenvalue weighted by Crippen LogP contribution is -2.50. The zero-order chi connectivity index (χ0) is 13.2. The van der Waals surface area contributed by atoms with Crippen molar-refractivity contribution in [2.24, 2.45) is 5.73 Å². The van der Waals surface area contributed by atoms with Gasteiger partial charge >= 0.3 is 0 Å². The average Bonchev–Trinajstić information content (AvgIpc) is 2.27. The van der Waals surface area contributed by atoms with Crippen LogP contribution in [0.5, 0.6) is 0 Å². The zero-order valence-corrected chi connectivity index (χ0v) is 11.2. The summed E-state index contributed by atoms with van der Waals surface area (Å²) in [6, 6.07) is 8.18. The fourth-order valence-electron chi connectivity index (χ4n) is 2.57. The second-order valence-electron chi connectivity index (χ2n) is 5.54. The molecule has 0 aliphatic heterocycles. The molecule has 0 aromatic heterocycles. The molecule has 0 bridgehead atoms. The first-order valence-corrected chi connectivity index (χ1v) is 6.64. The Morgan fingerprint density at radius 2 is 2.11 bits per heavy atom. The minimum atomic E-state index is -0.241. The fraction of sp³-hybridized carbons (Fsp3) is 0.533. The van der Waals surface area contributed by atoms with Gasteiger partial charge in [-0.05, 0) is 44.2 Å². The molecule has 3 N–H and O–H groups in total. The van der Waals surface area contributed by atoms with Crippen LogP contribution >= 0.6 is 0 Å². The van der Waals surface area contributed by atoms with Crippen LogP contribution in [0.4, 0.5) is 0 Å². The molecule has 1 aromatic carbocycles. The van der Waals surface area contributed by atoms with E-state index in [2.05, 4.69) is 24.4 Å². The van der Waals surface area contributed by atoms with Crippen molar-refractivity contribution in [2.45, 2.75) is 51.1 Å². The van der Waals surface area contributed by atoms with Gasteiger partial charge in [0.05, 0.1) is 6.04 Å². The number of hydrogen-bond acceptors (Lipinski definition) is 2. The summed E-state index contributed by atoms with van der Waals surface area (Å²) in [5.74, 6) is 0.0629. The van der Waals surface area contributed by atoms with Gasteiger partial charge in [0, 0.05) is 12.0 Å². The smallest absolute Gasteiger partial charge is 0.222 e. The van der Waals surface area contributed by atoms with Crippen molar-refractivity contribution in [2.75, 3.05) is 0 Å². The molecule has 1 aliphatic rings. The molecule has 0 spiro atoms. The second-order valence-corrected chi connectivity index (χ2v) is 5.54. The van der Waals surface area contributed by atoms with Gasteiger partial charge in [-0.25, -0.2) is 0 Å². The summed E-state index contributed by atoms with van der Waals surface area (Å²) in [4.78, 5) is 12.0. The van der Waals surface area contributed by atoms with Gasteiger partial charge in [-0.15, -0.1) is 0 Å². The Hall–Kier alpha value is -1.35. The van der Waals surface area contributed by atoms with Gasteiger partial charge in [-0.3, -0.25) is 4.79 Å². The predicted molar refractivity (Wildman–Crippen MR) is 73.1 cm³/mol. The molecule has 1 amide bonds. The van der Waals surface area contributed by atoms with Crippen molar-refractivity contribution in [3.05, 3.63) is 35.4 Å². The van der Waals surface area contributed by atoms with E-state index in [1.165, 1.54) is 11.1 Å². The van der Waals surface area contributed by atoms with E-state index in [4.69, 9.17) is 5.73 Å². The van der Waals surface area contributed by atoms with Gasteiger partial charge in [0.15, 0.2) is 0 Å². The Bertz CT molecular complexity index is 438. The van der Waals surface area contributed by atoms with Crippen molar-refractivity contribution in [1.29, 1.82) is 0 Å². The van der Waals surface area contributed by atoms with E-state index in [0.29, 0.717) is 6.42 Å². The number of aryl methyl sites for hydroxylation is 1. The molecule has 0 saturated heterocycles. The van der Waals surface area contributed by atoms with E-state index in [0.717, 1.165) is 19.3 Å². The van der Waals surface area contributed by atoms with Crippen molar-refractivity contribution in [1.82, 2.24) is 5.32 Å². The van der Waals surface area contributed by atoms with Crippen LogP contribution < -0.4 is 11.1 Å². The highest BCUT2D eigenvalue weighted by Gasteiger charge is 2.34. The summed E-state index contributed by atoms with van der Waals surface area (Å²) in [7, 11) is 0. The third-order valence-electron chi connectivity index (χ3n) is 3.89. The molecule has 1 unspecified atom stereocenters. The molecule has 0 heterocycles. The average molecular weight is 246 g/mol. The molecular weight excluding hydrogens is 224 g/mol. The molecule has 1 fully saturated rings. The lowest BCUT2D eigenvalue weighted by Gasteiger charge is -2.37. The monoisotopic (exact) mass is 246 g/mol. The SMILES string of the molecule is Cc1ccccc1C(C)NC(=O)CC1(N)CCC1. The van der Waals surface area contributed by atoms with E-state index >= 15 is 0 Å². The van der Waals surface area contributed by atoms with Gasteiger partial charge in [0.1, 0.15) is 0 Å². The maximum absolute atomic E-state index is 12.0. The summed E-state index contributed by atoms with van der Waals surface area (Å²) >= 11 is 0. The van der Waals surface area contributed by atoms with Crippen LogP contribution in [0, 0.1) is 6.92 Å². The van der Waals surface area contributed by atoms with E-state index in [9.17, 15) is 4.79 Å². The molecule has 1 aromatic rings. The summed E-state index contributed by atoms with van der Waals surface area (Å²) < 4.78 is 0. The highest BCUT2D eigenvalue weighted by molar-refractivity contribution is 5.77. The first-order chi connectivity index (χ1) is 8.50. The summed E-state index contributed by atoms with van der Waals surface area (Å²) in [5.41, 5.74) is 8.22. The molecule has 3 nitrogen and oxygen atoms in total. The first kappa shape index (κ1) is 13.1. The maximum Gasteiger partial charge on any atom is 0.222 e. The quantitative estimate of drug-likeness (QED) is 0.857. The Morgan fingerprint density at radius 3 is 2.67 bits per heavy atom. The Morgan fingerprint density at radius 1 is 1.44 bits per heavy atom. The van der Waals surface area contributed by atoms with Crippen molar-refractivity contribution < 1.29 is 4.79 Å². The van der Waals surface area contributed by atoms with Crippen LogP contribution in [0.3, 0.4) is 0 Å². The molecule has 18 heavy (non-hydrogen) atoms. The van der Waals surface area contributed by atoms with Gasteiger partial charge in [0.25, 0.3) is 0 Å². The van der Waals surface area contributed by atoms with Crippen LogP contribution in [0.25, 0.3) is 0 Å². The molecule has 3 heteroatoms.